The fourth-order valence-corrected chi connectivity index (χ4v) is 14.0. The smallest absolute Gasteiger partial charge is 0.193 e. The third kappa shape index (κ3) is 2.78. The van der Waals surface area contributed by atoms with Crippen LogP contribution in [0.15, 0.2) is 93.3 Å². The summed E-state index contributed by atoms with van der Waals surface area (Å²) in [5, 5.41) is 2.83. The van der Waals surface area contributed by atoms with Crippen LogP contribution in [0.4, 0.5) is 0 Å². The van der Waals surface area contributed by atoms with E-state index in [4.69, 9.17) is 0 Å². The van der Waals surface area contributed by atoms with Crippen molar-refractivity contribution in [3.63, 3.8) is 0 Å². The molecule has 0 N–H and O–H groups in total. The van der Waals surface area contributed by atoms with Crippen molar-refractivity contribution in [2.75, 3.05) is 6.16 Å². The predicted molar refractivity (Wildman–Crippen MR) is 151 cm³/mol. The molecule has 0 saturated carbocycles. The SMILES string of the molecule is CC1=C(C)[P@@]2(=O)C[C@]1(C)C1=C2C(P=O)=C([C@@]2(C)CCC(c3ccccc3)=C2c2ccccc2)C1(C)C. The number of fused-ring (bicyclic) bond motifs is 4. The molecule has 3 atom stereocenters. The second-order valence-electron chi connectivity index (χ2n) is 12.0. The van der Waals surface area contributed by atoms with E-state index in [0.717, 1.165) is 28.8 Å². The van der Waals surface area contributed by atoms with Crippen LogP contribution >= 0.6 is 15.6 Å². The normalized spacial score (nSPS) is 32.9. The number of allylic oxidation sites excluding steroid dienone is 8. The van der Waals surface area contributed by atoms with Crippen molar-refractivity contribution in [1.82, 2.24) is 0 Å². The molecule has 184 valence electrons. The molecule has 2 bridgehead atoms. The third-order valence-corrected chi connectivity index (χ3v) is 14.3. The van der Waals surface area contributed by atoms with Gasteiger partial charge in [-0.2, -0.15) is 0 Å². The quantitative estimate of drug-likeness (QED) is 0.382. The molecule has 0 fully saturated rings. The summed E-state index contributed by atoms with van der Waals surface area (Å²) in [6, 6.07) is 21.4. The van der Waals surface area contributed by atoms with E-state index in [0.29, 0.717) is 6.16 Å². The lowest BCUT2D eigenvalue weighted by Crippen LogP contribution is -2.34. The maximum Gasteiger partial charge on any atom is 0.193 e. The van der Waals surface area contributed by atoms with Crippen molar-refractivity contribution < 1.29 is 9.13 Å². The van der Waals surface area contributed by atoms with Crippen molar-refractivity contribution in [2.45, 2.75) is 54.4 Å². The number of benzene rings is 2. The monoisotopic (exact) mass is 512 g/mol. The van der Waals surface area contributed by atoms with Gasteiger partial charge in [-0.1, -0.05) is 93.9 Å². The van der Waals surface area contributed by atoms with E-state index in [1.165, 1.54) is 39.0 Å². The zero-order valence-electron chi connectivity index (χ0n) is 22.1. The van der Waals surface area contributed by atoms with Crippen molar-refractivity contribution in [3.8, 4) is 0 Å². The van der Waals surface area contributed by atoms with Crippen LogP contribution in [0, 0.1) is 16.2 Å². The highest BCUT2D eigenvalue weighted by Gasteiger charge is 2.66. The topological polar surface area (TPSA) is 34.1 Å². The van der Waals surface area contributed by atoms with Gasteiger partial charge < -0.3 is 4.57 Å². The summed E-state index contributed by atoms with van der Waals surface area (Å²) in [6.45, 7) is 13.4. The standard InChI is InChI=1S/C32H34O2P2/c1-20-21(2)36(34)19-32(20,6)29-27(36)26(35-33)28(30(29,3)4)31(5)18-17-24(22-13-9-7-10-14-22)25(31)23-15-11-8-12-16-23/h7-16H,17-19H2,1-6H3/t31-,32-,36-/m0/s1. The maximum atomic E-state index is 14.6. The maximum absolute atomic E-state index is 14.6. The average molecular weight is 513 g/mol. The zero-order valence-corrected chi connectivity index (χ0v) is 23.9. The highest BCUT2D eigenvalue weighted by Crippen LogP contribution is 2.86. The van der Waals surface area contributed by atoms with Crippen LogP contribution in [-0.2, 0) is 9.13 Å². The molecule has 0 spiro atoms. The van der Waals surface area contributed by atoms with Gasteiger partial charge in [-0.3, -0.25) is 4.57 Å². The molecular formula is C32H34O2P2. The highest BCUT2D eigenvalue weighted by atomic mass is 31.2. The lowest BCUT2D eigenvalue weighted by atomic mass is 9.59. The van der Waals surface area contributed by atoms with Crippen LogP contribution in [0.2, 0.25) is 0 Å². The van der Waals surface area contributed by atoms with E-state index in [1.807, 2.05) is 0 Å². The molecule has 0 saturated heterocycles. The van der Waals surface area contributed by atoms with Gasteiger partial charge in [-0.05, 0) is 65.4 Å². The van der Waals surface area contributed by atoms with E-state index in [2.05, 4.69) is 102 Å². The van der Waals surface area contributed by atoms with Gasteiger partial charge in [0, 0.05) is 27.7 Å². The molecule has 0 aromatic heterocycles. The van der Waals surface area contributed by atoms with Gasteiger partial charge >= 0.3 is 0 Å². The summed E-state index contributed by atoms with van der Waals surface area (Å²) in [5.41, 5.74) is 8.07. The van der Waals surface area contributed by atoms with Crippen LogP contribution in [-0.4, -0.2) is 6.16 Å². The highest BCUT2D eigenvalue weighted by molar-refractivity contribution is 7.74. The Bertz CT molecular complexity index is 1500. The summed E-state index contributed by atoms with van der Waals surface area (Å²) < 4.78 is 27.7. The second kappa shape index (κ2) is 7.63. The Balaban J connectivity index is 1.64. The first kappa shape index (κ1) is 24.1. The summed E-state index contributed by atoms with van der Waals surface area (Å²) >= 11 is 0. The van der Waals surface area contributed by atoms with E-state index in [-0.39, 0.29) is 24.7 Å². The minimum atomic E-state index is -2.74. The first-order valence-corrected chi connectivity index (χ1v) is 15.7. The van der Waals surface area contributed by atoms with Crippen LogP contribution in [0.25, 0.3) is 11.1 Å². The van der Waals surface area contributed by atoms with E-state index in [1.54, 1.807) is 0 Å². The van der Waals surface area contributed by atoms with Gasteiger partial charge in [0.1, 0.15) is 7.14 Å². The fourth-order valence-electron chi connectivity index (χ4n) is 8.40. The van der Waals surface area contributed by atoms with Crippen molar-refractivity contribution in [3.05, 3.63) is 104 Å². The Morgan fingerprint density at radius 1 is 0.806 bits per heavy atom. The molecule has 6 rings (SSSR count). The van der Waals surface area contributed by atoms with Crippen LogP contribution in [0.3, 0.4) is 0 Å². The molecule has 2 aliphatic heterocycles. The molecule has 2 aromatic rings. The first-order valence-electron chi connectivity index (χ1n) is 13.0. The zero-order chi connectivity index (χ0) is 25.7. The van der Waals surface area contributed by atoms with Crippen LogP contribution in [0.5, 0.6) is 0 Å². The Hall–Kier alpha value is -2.27. The van der Waals surface area contributed by atoms with Crippen LogP contribution < -0.4 is 0 Å². The van der Waals surface area contributed by atoms with Gasteiger partial charge in [0.25, 0.3) is 0 Å². The van der Waals surface area contributed by atoms with E-state index in [9.17, 15) is 9.13 Å². The first-order chi connectivity index (χ1) is 17.0. The molecule has 4 heteroatoms. The average Bonchev–Trinajstić information content (AvgIpc) is 3.49. The molecule has 2 nitrogen and oxygen atoms in total. The van der Waals surface area contributed by atoms with Gasteiger partial charge in [0.05, 0.1) is 5.31 Å². The van der Waals surface area contributed by atoms with Crippen molar-refractivity contribution >= 4 is 26.7 Å². The lowest BCUT2D eigenvalue weighted by molar-refractivity contribution is 0.353. The summed E-state index contributed by atoms with van der Waals surface area (Å²) in [5.74, 6) is 0. The Morgan fingerprint density at radius 2 is 1.39 bits per heavy atom. The van der Waals surface area contributed by atoms with Gasteiger partial charge in [0.15, 0.2) is 8.46 Å². The molecular weight excluding hydrogens is 478 g/mol. The van der Waals surface area contributed by atoms with E-state index >= 15 is 0 Å². The number of rotatable bonds is 4. The molecule has 2 heterocycles. The lowest BCUT2D eigenvalue weighted by Gasteiger charge is -2.44. The fraction of sp³-hybridized carbons (Fsp3) is 0.375. The van der Waals surface area contributed by atoms with Crippen molar-refractivity contribution in [1.29, 1.82) is 0 Å². The molecule has 0 unspecified atom stereocenters. The Morgan fingerprint density at radius 3 is 1.97 bits per heavy atom. The largest absolute Gasteiger partial charge is 0.314 e. The van der Waals surface area contributed by atoms with Gasteiger partial charge in [-0.15, -0.1) is 0 Å². The minimum Gasteiger partial charge on any atom is -0.314 e. The van der Waals surface area contributed by atoms with Crippen molar-refractivity contribution in [2.24, 2.45) is 16.2 Å². The molecule has 2 aliphatic carbocycles. The van der Waals surface area contributed by atoms with Gasteiger partial charge in [-0.25, -0.2) is 0 Å². The summed E-state index contributed by atoms with van der Waals surface area (Å²) in [4.78, 5) is 0. The molecule has 4 aliphatic rings. The molecule has 0 radical (unpaired) electrons. The van der Waals surface area contributed by atoms with Crippen LogP contribution in [0.1, 0.15) is 65.5 Å². The number of hydrogen-bond donors (Lipinski definition) is 0. The summed E-state index contributed by atoms with van der Waals surface area (Å²) in [7, 11) is -2.74. The second-order valence-corrected chi connectivity index (χ2v) is 15.6. The summed E-state index contributed by atoms with van der Waals surface area (Å²) in [6.07, 6.45) is 2.58. The molecule has 2 aromatic carbocycles. The van der Waals surface area contributed by atoms with E-state index < -0.39 is 7.14 Å². The predicted octanol–water partition coefficient (Wildman–Crippen LogP) is 9.93. The van der Waals surface area contributed by atoms with Gasteiger partial charge in [0.2, 0.25) is 0 Å². The molecule has 36 heavy (non-hydrogen) atoms. The third-order valence-electron chi connectivity index (χ3n) is 9.87. The molecule has 0 amide bonds. The Kier molecular flexibility index (Phi) is 5.10. The minimum absolute atomic E-state index is 0.00435. The Labute approximate surface area is 216 Å². The number of hydrogen-bond acceptors (Lipinski definition) is 2.